The highest BCUT2D eigenvalue weighted by Crippen LogP contribution is 2.34. The Morgan fingerprint density at radius 2 is 2.06 bits per heavy atom. The average Bonchev–Trinajstić information content (AvgIpc) is 2.38. The topological polar surface area (TPSA) is 62.2 Å². The SMILES string of the molecule is O=C(O)c1ccc2c(n1)CC1(CCCCC1)NC2. The van der Waals surface area contributed by atoms with Gasteiger partial charge in [0.15, 0.2) is 0 Å². The van der Waals surface area contributed by atoms with E-state index in [0.717, 1.165) is 24.2 Å². The van der Waals surface area contributed by atoms with E-state index in [0.29, 0.717) is 0 Å². The summed E-state index contributed by atoms with van der Waals surface area (Å²) in [4.78, 5) is 15.3. The normalized spacial score (nSPS) is 21.6. The van der Waals surface area contributed by atoms with E-state index in [-0.39, 0.29) is 11.2 Å². The van der Waals surface area contributed by atoms with Gasteiger partial charge in [0, 0.05) is 24.2 Å². The van der Waals surface area contributed by atoms with Crippen molar-refractivity contribution in [1.29, 1.82) is 0 Å². The number of nitrogens with zero attached hydrogens (tertiary/aromatic N) is 1. The molecular formula is C14H18N2O2. The molecule has 0 unspecified atom stereocenters. The van der Waals surface area contributed by atoms with Gasteiger partial charge in [-0.05, 0) is 24.5 Å². The summed E-state index contributed by atoms with van der Waals surface area (Å²) in [7, 11) is 0. The van der Waals surface area contributed by atoms with E-state index in [2.05, 4.69) is 10.3 Å². The molecule has 96 valence electrons. The minimum atomic E-state index is -0.936. The second-order valence-corrected chi connectivity index (χ2v) is 5.48. The van der Waals surface area contributed by atoms with Crippen molar-refractivity contribution in [3.63, 3.8) is 0 Å². The van der Waals surface area contributed by atoms with Gasteiger partial charge in [0.2, 0.25) is 0 Å². The van der Waals surface area contributed by atoms with Crippen LogP contribution in [0.4, 0.5) is 0 Å². The van der Waals surface area contributed by atoms with Gasteiger partial charge < -0.3 is 10.4 Å². The number of rotatable bonds is 1. The number of aromatic nitrogens is 1. The smallest absolute Gasteiger partial charge is 0.354 e. The number of carboxylic acids is 1. The third-order valence-corrected chi connectivity index (χ3v) is 4.26. The van der Waals surface area contributed by atoms with E-state index in [1.807, 2.05) is 6.07 Å². The fourth-order valence-electron chi connectivity index (χ4n) is 3.21. The van der Waals surface area contributed by atoms with Gasteiger partial charge in [-0.25, -0.2) is 9.78 Å². The van der Waals surface area contributed by atoms with Crippen molar-refractivity contribution in [3.05, 3.63) is 29.1 Å². The Hall–Kier alpha value is -1.42. The maximum Gasteiger partial charge on any atom is 0.354 e. The van der Waals surface area contributed by atoms with E-state index in [1.165, 1.54) is 32.1 Å². The molecule has 0 bridgehead atoms. The first-order chi connectivity index (χ1) is 8.69. The second-order valence-electron chi connectivity index (χ2n) is 5.48. The summed E-state index contributed by atoms with van der Waals surface area (Å²) in [5, 5.41) is 12.7. The van der Waals surface area contributed by atoms with Gasteiger partial charge in [-0.3, -0.25) is 0 Å². The monoisotopic (exact) mass is 246 g/mol. The van der Waals surface area contributed by atoms with Gasteiger partial charge in [-0.1, -0.05) is 25.3 Å². The van der Waals surface area contributed by atoms with Crippen LogP contribution in [0.2, 0.25) is 0 Å². The molecule has 0 saturated heterocycles. The predicted octanol–water partition coefficient (Wildman–Crippen LogP) is 2.13. The number of carbonyl (C=O) groups is 1. The highest BCUT2D eigenvalue weighted by atomic mass is 16.4. The fraction of sp³-hybridized carbons (Fsp3) is 0.571. The summed E-state index contributed by atoms with van der Waals surface area (Å²) in [6.45, 7) is 0.822. The molecule has 0 aromatic carbocycles. The largest absolute Gasteiger partial charge is 0.477 e. The number of carboxylic acid groups (broad SMARTS) is 1. The number of nitrogens with one attached hydrogen (secondary N) is 1. The number of hydrogen-bond donors (Lipinski definition) is 2. The van der Waals surface area contributed by atoms with E-state index in [1.54, 1.807) is 6.07 Å². The van der Waals surface area contributed by atoms with Crippen LogP contribution in [0, 0.1) is 0 Å². The van der Waals surface area contributed by atoms with Crippen LogP contribution in [0.1, 0.15) is 53.8 Å². The first-order valence-corrected chi connectivity index (χ1v) is 6.66. The first kappa shape index (κ1) is 11.7. The highest BCUT2D eigenvalue weighted by Gasteiger charge is 2.35. The quantitative estimate of drug-likeness (QED) is 0.797. The summed E-state index contributed by atoms with van der Waals surface area (Å²) in [5.41, 5.74) is 2.48. The van der Waals surface area contributed by atoms with Crippen LogP contribution >= 0.6 is 0 Å². The third kappa shape index (κ3) is 2.01. The van der Waals surface area contributed by atoms with E-state index >= 15 is 0 Å². The molecule has 0 radical (unpaired) electrons. The zero-order chi connectivity index (χ0) is 12.6. The summed E-state index contributed by atoms with van der Waals surface area (Å²) in [6, 6.07) is 3.50. The van der Waals surface area contributed by atoms with Crippen LogP contribution in [0.25, 0.3) is 0 Å². The van der Waals surface area contributed by atoms with Crippen LogP contribution in [0.3, 0.4) is 0 Å². The van der Waals surface area contributed by atoms with Gasteiger partial charge in [0.25, 0.3) is 0 Å². The van der Waals surface area contributed by atoms with Gasteiger partial charge in [0.1, 0.15) is 5.69 Å². The average molecular weight is 246 g/mol. The van der Waals surface area contributed by atoms with Gasteiger partial charge in [-0.2, -0.15) is 0 Å². The molecule has 1 aromatic heterocycles. The van der Waals surface area contributed by atoms with Crippen molar-refractivity contribution in [2.24, 2.45) is 0 Å². The molecule has 18 heavy (non-hydrogen) atoms. The molecule has 2 aliphatic rings. The lowest BCUT2D eigenvalue weighted by Gasteiger charge is -2.41. The Labute approximate surface area is 106 Å². The molecule has 0 atom stereocenters. The van der Waals surface area contributed by atoms with Crippen LogP contribution in [-0.4, -0.2) is 21.6 Å². The molecule has 2 N–H and O–H groups in total. The zero-order valence-corrected chi connectivity index (χ0v) is 10.4. The number of hydrogen-bond acceptors (Lipinski definition) is 3. The van der Waals surface area contributed by atoms with Crippen molar-refractivity contribution in [2.45, 2.75) is 50.6 Å². The van der Waals surface area contributed by atoms with Crippen LogP contribution < -0.4 is 5.32 Å². The molecule has 1 fully saturated rings. The van der Waals surface area contributed by atoms with Gasteiger partial charge >= 0.3 is 5.97 Å². The summed E-state index contributed by atoms with van der Waals surface area (Å²) >= 11 is 0. The molecular weight excluding hydrogens is 228 g/mol. The predicted molar refractivity (Wildman–Crippen MR) is 67.6 cm³/mol. The Bertz CT molecular complexity index is 479. The molecule has 0 amide bonds. The zero-order valence-electron chi connectivity index (χ0n) is 10.4. The molecule has 1 saturated carbocycles. The summed E-state index contributed by atoms with van der Waals surface area (Å²) in [6.07, 6.45) is 7.10. The highest BCUT2D eigenvalue weighted by molar-refractivity contribution is 5.85. The minimum Gasteiger partial charge on any atom is -0.477 e. The summed E-state index contributed by atoms with van der Waals surface area (Å²) < 4.78 is 0. The van der Waals surface area contributed by atoms with Crippen molar-refractivity contribution in [2.75, 3.05) is 0 Å². The Morgan fingerprint density at radius 1 is 1.28 bits per heavy atom. The van der Waals surface area contributed by atoms with Crippen LogP contribution in [0.5, 0.6) is 0 Å². The van der Waals surface area contributed by atoms with E-state index in [4.69, 9.17) is 5.11 Å². The maximum absolute atomic E-state index is 11.0. The van der Waals surface area contributed by atoms with Gasteiger partial charge in [-0.15, -0.1) is 0 Å². The molecule has 1 aliphatic carbocycles. The van der Waals surface area contributed by atoms with Gasteiger partial charge in [0.05, 0.1) is 0 Å². The second kappa shape index (κ2) is 4.35. The number of pyridine rings is 1. The van der Waals surface area contributed by atoms with Crippen molar-refractivity contribution < 1.29 is 9.90 Å². The first-order valence-electron chi connectivity index (χ1n) is 6.66. The molecule has 3 rings (SSSR count). The standard InChI is InChI=1S/C14H18N2O2/c17-13(18)11-5-4-10-9-15-14(8-12(10)16-11)6-2-1-3-7-14/h4-5,15H,1-3,6-9H2,(H,17,18). The molecule has 1 spiro atoms. The lowest BCUT2D eigenvalue weighted by atomic mass is 9.76. The van der Waals surface area contributed by atoms with E-state index < -0.39 is 5.97 Å². The lowest BCUT2D eigenvalue weighted by molar-refractivity contribution is 0.0689. The van der Waals surface area contributed by atoms with Crippen LogP contribution in [-0.2, 0) is 13.0 Å². The van der Waals surface area contributed by atoms with E-state index in [9.17, 15) is 4.79 Å². The van der Waals surface area contributed by atoms with Crippen molar-refractivity contribution in [1.82, 2.24) is 10.3 Å². The molecule has 2 heterocycles. The Balaban J connectivity index is 1.90. The minimum absolute atomic E-state index is 0.168. The molecule has 4 heteroatoms. The van der Waals surface area contributed by atoms with Crippen molar-refractivity contribution in [3.8, 4) is 0 Å². The Kier molecular flexibility index (Phi) is 2.82. The fourth-order valence-corrected chi connectivity index (χ4v) is 3.21. The molecule has 1 aromatic rings. The molecule has 4 nitrogen and oxygen atoms in total. The number of aromatic carboxylic acids is 1. The summed E-state index contributed by atoms with van der Waals surface area (Å²) in [5.74, 6) is -0.936. The molecule has 1 aliphatic heterocycles. The Morgan fingerprint density at radius 3 is 2.78 bits per heavy atom. The third-order valence-electron chi connectivity index (χ3n) is 4.26. The van der Waals surface area contributed by atoms with Crippen molar-refractivity contribution >= 4 is 5.97 Å². The number of fused-ring (bicyclic) bond motifs is 1. The maximum atomic E-state index is 11.0. The van der Waals surface area contributed by atoms with Crippen LogP contribution in [0.15, 0.2) is 12.1 Å². The lowest BCUT2D eigenvalue weighted by Crippen LogP contribution is -2.51.